The van der Waals surface area contributed by atoms with E-state index in [2.05, 4.69) is 105 Å². The normalized spacial score (nSPS) is 37.0. The Kier molecular flexibility index (Phi) is 8.84. The van der Waals surface area contributed by atoms with Crippen molar-refractivity contribution in [2.75, 3.05) is 25.3 Å². The van der Waals surface area contributed by atoms with E-state index in [9.17, 15) is 0 Å². The Morgan fingerprint density at radius 3 is 2.47 bits per heavy atom. The highest BCUT2D eigenvalue weighted by Crippen LogP contribution is 3.10. The first-order chi connectivity index (χ1) is 16.8. The fraction of sp³-hybridized carbons (Fsp3) is 0.852. The summed E-state index contributed by atoms with van der Waals surface area (Å²) >= 11 is 0. The first-order valence-corrected chi connectivity index (χ1v) is 18.7. The van der Waals surface area contributed by atoms with Crippen LogP contribution in [0.3, 0.4) is 0 Å². The summed E-state index contributed by atoms with van der Waals surface area (Å²) in [6.07, 6.45) is 21.7. The van der Waals surface area contributed by atoms with Crippen LogP contribution in [0.2, 0.25) is 24.7 Å². The monoisotopic (exact) mass is 500 g/mol. The molecule has 3 atom stereocenters. The van der Waals surface area contributed by atoms with E-state index >= 15 is 0 Å². The zero-order valence-corrected chi connectivity index (χ0v) is 26.1. The lowest BCUT2D eigenvalue weighted by Crippen LogP contribution is -2.79. The van der Waals surface area contributed by atoms with Gasteiger partial charge in [-0.05, 0) is 42.6 Å². The molecule has 36 heavy (non-hydrogen) atoms. The minimum Gasteiger partial charge on any atom is -0.403 e. The summed E-state index contributed by atoms with van der Waals surface area (Å²) in [4.78, 5) is 0. The van der Waals surface area contributed by atoms with Gasteiger partial charge in [0.1, 0.15) is 21.1 Å². The molecule has 0 aromatic heterocycles. The average Bonchev–Trinajstić information content (AvgIpc) is 3.32. The molecule has 0 saturated carbocycles. The number of rotatable bonds is 12. The second-order valence-electron chi connectivity index (χ2n) is 14.2. The van der Waals surface area contributed by atoms with Gasteiger partial charge in [-0.25, -0.2) is 0 Å². The molecule has 1 nitrogen and oxygen atoms in total. The second kappa shape index (κ2) is 10.3. The predicted octanol–water partition coefficient (Wildman–Crippen LogP) is 6.52. The molecule has 5 radical (unpaired) electrons. The largest absolute Gasteiger partial charge is 0.403 e. The van der Waals surface area contributed by atoms with E-state index in [1.807, 2.05) is 0 Å². The molecule has 3 fully saturated rings. The number of hydrogen-bond acceptors (Lipinski definition) is 1. The van der Waals surface area contributed by atoms with Crippen LogP contribution in [-0.2, 0) is 0 Å². The maximum Gasteiger partial charge on any atom is 0.197 e. The van der Waals surface area contributed by atoms with Crippen LogP contribution in [0, 0.1) is 5.41 Å². The van der Waals surface area contributed by atoms with Crippen molar-refractivity contribution >= 4 is 56.2 Å². The van der Waals surface area contributed by atoms with E-state index in [-0.39, 0.29) is 15.3 Å². The molecule has 3 aliphatic rings. The first kappa shape index (κ1) is 30.8. The second-order valence-corrected chi connectivity index (χ2v) is 22.5. The smallest absolute Gasteiger partial charge is 0.197 e. The van der Waals surface area contributed by atoms with Gasteiger partial charge in [0.25, 0.3) is 0 Å². The van der Waals surface area contributed by atoms with Gasteiger partial charge >= 0.3 is 0 Å². The van der Waals surface area contributed by atoms with Gasteiger partial charge in [0, 0.05) is 0 Å². The molecule has 0 aliphatic carbocycles. The molecule has 3 unspecified atom stereocenters. The minimum atomic E-state index is -2.88. The average molecular weight is 499 g/mol. The van der Waals surface area contributed by atoms with Gasteiger partial charge in [-0.2, -0.15) is 0 Å². The quantitative estimate of drug-likeness (QED) is 0.168. The zero-order valence-electron chi connectivity index (χ0n) is 25.3. The number of hydrogen-bond donors (Lipinski definition) is 0. The van der Waals surface area contributed by atoms with E-state index in [1.54, 1.807) is 0 Å². The van der Waals surface area contributed by atoms with Crippen molar-refractivity contribution < 1.29 is 0 Å². The maximum atomic E-state index is 8.22. The van der Waals surface area contributed by atoms with Crippen LogP contribution in [0.15, 0.2) is 24.6 Å². The summed E-state index contributed by atoms with van der Waals surface area (Å²) in [6.45, 7) is 20.1. The molecule has 0 N–H and O–H groups in total. The standard InChI is InChI=1S/C27H53B7NS/c1-10-14-15-17-20-25(5)21-18-16-19-23-29-27(25,28)26(34-32(6)31-35(34)7)24-36(26,8,9,30-22-11-2)33(12-3)13-4/h11-12,22H,3,10,13-21,23-24H2,1-2,4-9H3/b22-11-. The number of allylic oxidation sites excluding steroid dienone is 1. The third-order valence-electron chi connectivity index (χ3n) is 11.7. The molecule has 9 heteroatoms. The molecule has 3 rings (SSSR count). The predicted molar refractivity (Wildman–Crippen MR) is 179 cm³/mol. The van der Waals surface area contributed by atoms with E-state index in [1.165, 1.54) is 63.5 Å². The molecule has 0 bridgehead atoms. The van der Waals surface area contributed by atoms with E-state index in [4.69, 9.17) is 7.85 Å². The molecule has 0 spiro atoms. The zero-order chi connectivity index (χ0) is 26.9. The van der Waals surface area contributed by atoms with Gasteiger partial charge in [-0.15, -0.1) is 18.5 Å². The molecule has 193 valence electrons. The van der Waals surface area contributed by atoms with Crippen molar-refractivity contribution in [3.05, 3.63) is 24.6 Å². The highest BCUT2D eigenvalue weighted by atomic mass is 32.4. The van der Waals surface area contributed by atoms with Gasteiger partial charge in [0.05, 0.1) is 7.85 Å². The van der Waals surface area contributed by atoms with E-state index in [0.29, 0.717) is 19.2 Å². The van der Waals surface area contributed by atoms with Gasteiger partial charge in [-0.1, -0.05) is 109 Å². The Hall–Kier alpha value is 0.245. The van der Waals surface area contributed by atoms with Crippen LogP contribution < -0.4 is 0 Å². The molecule has 0 aromatic carbocycles. The lowest BCUT2D eigenvalue weighted by molar-refractivity contribution is 0.199. The third-order valence-corrected chi connectivity index (χ3v) is 20.4. The third kappa shape index (κ3) is 4.09. The van der Waals surface area contributed by atoms with Crippen LogP contribution in [-0.4, -0.2) is 82.9 Å². The summed E-state index contributed by atoms with van der Waals surface area (Å²) in [5.74, 6) is 6.40. The lowest BCUT2D eigenvalue weighted by Gasteiger charge is -2.75. The molecule has 3 aliphatic heterocycles. The first-order valence-electron chi connectivity index (χ1n) is 15.1. The Bertz CT molecular complexity index is 844. The van der Waals surface area contributed by atoms with Crippen molar-refractivity contribution in [2.24, 2.45) is 5.41 Å². The van der Waals surface area contributed by atoms with E-state index in [0.717, 1.165) is 12.6 Å². The Labute approximate surface area is 230 Å². The number of nitrogens with zero attached hydrogens (tertiary/aromatic N) is 1. The van der Waals surface area contributed by atoms with Gasteiger partial charge in [-0.3, -0.25) is 0 Å². The molecule has 3 heterocycles. The van der Waals surface area contributed by atoms with E-state index < -0.39 is 8.00 Å². The Balaban J connectivity index is 2.30. The van der Waals surface area contributed by atoms with Crippen LogP contribution in [0.1, 0.15) is 85.5 Å². The summed E-state index contributed by atoms with van der Waals surface area (Å²) in [5, 5.41) is -0.312. The summed E-state index contributed by atoms with van der Waals surface area (Å²) in [7, 11) is 12.8. The van der Waals surface area contributed by atoms with Crippen molar-refractivity contribution in [3.8, 4) is 0 Å². The van der Waals surface area contributed by atoms with Crippen molar-refractivity contribution in [3.63, 3.8) is 0 Å². The van der Waals surface area contributed by atoms with Crippen LogP contribution in [0.4, 0.5) is 0 Å². The molecular weight excluding hydrogens is 446 g/mol. The van der Waals surface area contributed by atoms with Gasteiger partial charge in [0.15, 0.2) is 19.3 Å². The van der Waals surface area contributed by atoms with Crippen molar-refractivity contribution in [2.45, 2.75) is 115 Å². The van der Waals surface area contributed by atoms with Crippen LogP contribution >= 0.6 is 8.00 Å². The lowest BCUT2D eigenvalue weighted by atomic mass is 8.88. The van der Waals surface area contributed by atoms with Crippen LogP contribution in [0.25, 0.3) is 0 Å². The van der Waals surface area contributed by atoms with Crippen molar-refractivity contribution in [1.29, 1.82) is 0 Å². The highest BCUT2D eigenvalue weighted by molar-refractivity contribution is 8.99. The summed E-state index contributed by atoms with van der Waals surface area (Å²) in [5.41, 5.74) is 0.107. The summed E-state index contributed by atoms with van der Waals surface area (Å²) in [6, 6.07) is 0. The molecular formula is C27H53B7NS. The van der Waals surface area contributed by atoms with Crippen molar-refractivity contribution in [1.82, 2.24) is 4.72 Å². The molecule has 3 saturated heterocycles. The van der Waals surface area contributed by atoms with Crippen LogP contribution in [0.5, 0.6) is 0 Å². The SMILES string of the molecule is [B]C1(C2(B3B(C)[B]N3C)CS2(C)(C)([B]/C=C\C)B(C=C)CC)[B]CCCCCC1(C)CCCCCC. The molecule has 0 amide bonds. The minimum absolute atomic E-state index is 0.0289. The Morgan fingerprint density at radius 2 is 1.92 bits per heavy atom. The highest BCUT2D eigenvalue weighted by Gasteiger charge is 2.91. The topological polar surface area (TPSA) is 3.24 Å². The van der Waals surface area contributed by atoms with Gasteiger partial charge in [0.2, 0.25) is 0 Å². The maximum absolute atomic E-state index is 8.22. The molecule has 0 aromatic rings. The van der Waals surface area contributed by atoms with Gasteiger partial charge < -0.3 is 12.7 Å². The fourth-order valence-electron chi connectivity index (χ4n) is 9.65. The Morgan fingerprint density at radius 1 is 1.19 bits per heavy atom. The fourth-order valence-corrected chi connectivity index (χ4v) is 19.7. The summed E-state index contributed by atoms with van der Waals surface area (Å²) < 4.78 is 2.59. The number of unbranched alkanes of at least 4 members (excludes halogenated alkanes) is 3.